The first-order chi connectivity index (χ1) is 13.6. The summed E-state index contributed by atoms with van der Waals surface area (Å²) in [7, 11) is 0. The van der Waals surface area contributed by atoms with Crippen LogP contribution in [0.2, 0.25) is 5.02 Å². The number of nitrogens with two attached hydrogens (primary N) is 1. The molecule has 1 fully saturated rings. The summed E-state index contributed by atoms with van der Waals surface area (Å²) in [5, 5.41) is 11.0. The lowest BCUT2D eigenvalue weighted by Crippen LogP contribution is -2.17. The van der Waals surface area contributed by atoms with Crippen LogP contribution >= 0.6 is 23.4 Å². The number of hydrogen-bond donors (Lipinski definition) is 2. The molecule has 7 nitrogen and oxygen atoms in total. The Hall–Kier alpha value is -2.27. The van der Waals surface area contributed by atoms with Crippen molar-refractivity contribution in [1.29, 1.82) is 0 Å². The molecule has 1 saturated carbocycles. The number of amides is 2. The smallest absolute Gasteiger partial charge is 0.370 e. The van der Waals surface area contributed by atoms with Crippen LogP contribution < -0.4 is 11.1 Å². The zero-order valence-electron chi connectivity index (χ0n) is 15.0. The molecule has 0 bridgehead atoms. The summed E-state index contributed by atoms with van der Waals surface area (Å²) >= 11 is 6.96. The third-order valence-electron chi connectivity index (χ3n) is 4.17. The molecule has 156 valence electrons. The van der Waals surface area contributed by atoms with E-state index in [2.05, 4.69) is 15.5 Å². The average Bonchev–Trinajstić information content (AvgIpc) is 3.39. The van der Waals surface area contributed by atoms with E-state index in [1.54, 1.807) is 4.57 Å². The number of hydrogen-bond acceptors (Lipinski definition) is 5. The van der Waals surface area contributed by atoms with Gasteiger partial charge in [-0.25, -0.2) is 0 Å². The first kappa shape index (κ1) is 21.4. The van der Waals surface area contributed by atoms with Crippen molar-refractivity contribution in [2.75, 3.05) is 11.1 Å². The number of halogens is 4. The Morgan fingerprint density at radius 3 is 2.66 bits per heavy atom. The summed E-state index contributed by atoms with van der Waals surface area (Å²) in [6.07, 6.45) is -2.48. The Morgan fingerprint density at radius 2 is 2.03 bits per heavy atom. The number of primary amides is 1. The number of nitrogens with zero attached hydrogens (tertiary/aromatic N) is 3. The van der Waals surface area contributed by atoms with Gasteiger partial charge in [0.2, 0.25) is 11.8 Å². The van der Waals surface area contributed by atoms with E-state index in [-0.39, 0.29) is 28.8 Å². The van der Waals surface area contributed by atoms with E-state index < -0.39 is 23.6 Å². The summed E-state index contributed by atoms with van der Waals surface area (Å²) in [5.74, 6) is -0.106. The summed E-state index contributed by atoms with van der Waals surface area (Å²) in [6, 6.07) is 2.70. The first-order valence-corrected chi connectivity index (χ1v) is 10.0. The number of carbonyl (C=O) groups excluding carboxylic acids is 2. The largest absolute Gasteiger partial charge is 0.416 e. The number of aromatic nitrogens is 3. The van der Waals surface area contributed by atoms with Gasteiger partial charge in [0.05, 0.1) is 22.0 Å². The van der Waals surface area contributed by atoms with Crippen LogP contribution in [-0.4, -0.2) is 32.3 Å². The van der Waals surface area contributed by atoms with Crippen LogP contribution in [0.4, 0.5) is 18.9 Å². The van der Waals surface area contributed by atoms with Gasteiger partial charge in [-0.15, -0.1) is 10.2 Å². The van der Waals surface area contributed by atoms with Gasteiger partial charge in [-0.3, -0.25) is 9.59 Å². The summed E-state index contributed by atoms with van der Waals surface area (Å²) in [4.78, 5) is 23.3. The minimum absolute atomic E-state index is 0.00278. The highest BCUT2D eigenvalue weighted by molar-refractivity contribution is 7.99. The molecule has 2 amide bonds. The van der Waals surface area contributed by atoms with Gasteiger partial charge in [0.1, 0.15) is 5.82 Å². The fourth-order valence-corrected chi connectivity index (χ4v) is 3.53. The number of thioether (sulfide) groups is 1. The predicted molar refractivity (Wildman–Crippen MR) is 102 cm³/mol. The summed E-state index contributed by atoms with van der Waals surface area (Å²) in [5.41, 5.74) is 4.17. The van der Waals surface area contributed by atoms with Crippen LogP contribution in [0.25, 0.3) is 0 Å². The Balaban J connectivity index is 1.66. The second kappa shape index (κ2) is 8.62. The van der Waals surface area contributed by atoms with E-state index in [0.29, 0.717) is 11.7 Å². The van der Waals surface area contributed by atoms with E-state index in [1.165, 1.54) is 0 Å². The molecule has 0 saturated heterocycles. The van der Waals surface area contributed by atoms with Gasteiger partial charge in [-0.2, -0.15) is 13.2 Å². The molecule has 1 heterocycles. The minimum Gasteiger partial charge on any atom is -0.370 e. The van der Waals surface area contributed by atoms with Crippen molar-refractivity contribution in [2.45, 2.75) is 43.1 Å². The van der Waals surface area contributed by atoms with Crippen LogP contribution in [0.5, 0.6) is 0 Å². The molecule has 0 aliphatic heterocycles. The lowest BCUT2D eigenvalue weighted by Gasteiger charge is -2.12. The van der Waals surface area contributed by atoms with Gasteiger partial charge in [-0.05, 0) is 31.0 Å². The van der Waals surface area contributed by atoms with Crippen molar-refractivity contribution >= 4 is 40.9 Å². The number of alkyl halides is 3. The van der Waals surface area contributed by atoms with Gasteiger partial charge < -0.3 is 15.6 Å². The average molecular weight is 448 g/mol. The van der Waals surface area contributed by atoms with Crippen molar-refractivity contribution in [3.8, 4) is 0 Å². The van der Waals surface area contributed by atoms with Crippen LogP contribution in [0.15, 0.2) is 23.4 Å². The predicted octanol–water partition coefficient (Wildman–Crippen LogP) is 3.43. The second-order valence-corrected chi connectivity index (χ2v) is 7.86. The minimum atomic E-state index is -4.55. The first-order valence-electron chi connectivity index (χ1n) is 8.66. The van der Waals surface area contributed by atoms with E-state index in [9.17, 15) is 22.8 Å². The van der Waals surface area contributed by atoms with E-state index in [0.717, 1.165) is 48.6 Å². The molecule has 0 atom stereocenters. The van der Waals surface area contributed by atoms with Gasteiger partial charge in [0.15, 0.2) is 5.16 Å². The lowest BCUT2D eigenvalue weighted by molar-refractivity contribution is -0.137. The van der Waals surface area contributed by atoms with Crippen LogP contribution in [-0.2, 0) is 22.3 Å². The molecule has 3 rings (SSSR count). The van der Waals surface area contributed by atoms with Crippen molar-refractivity contribution in [1.82, 2.24) is 14.8 Å². The van der Waals surface area contributed by atoms with E-state index in [4.69, 9.17) is 17.3 Å². The molecular weight excluding hydrogens is 431 g/mol. The Bertz CT molecular complexity index is 930. The number of nitrogens with one attached hydrogen (secondary N) is 1. The molecule has 0 unspecified atom stereocenters. The molecule has 0 spiro atoms. The van der Waals surface area contributed by atoms with Crippen LogP contribution in [0.1, 0.15) is 36.6 Å². The van der Waals surface area contributed by atoms with Crippen LogP contribution in [0, 0.1) is 0 Å². The van der Waals surface area contributed by atoms with Crippen molar-refractivity contribution < 1.29 is 22.8 Å². The van der Waals surface area contributed by atoms with E-state index >= 15 is 0 Å². The van der Waals surface area contributed by atoms with Gasteiger partial charge >= 0.3 is 6.18 Å². The number of rotatable bonds is 8. The molecule has 1 aromatic carbocycles. The maximum Gasteiger partial charge on any atom is 0.416 e. The SMILES string of the molecule is NC(=O)CCn1c(SCC(=O)Nc2cc(C(F)(F)F)ccc2Cl)nnc1C1CC1. The molecule has 29 heavy (non-hydrogen) atoms. The Labute approximate surface area is 173 Å². The van der Waals surface area contributed by atoms with Gasteiger partial charge in [-0.1, -0.05) is 23.4 Å². The molecule has 1 aliphatic rings. The highest BCUT2D eigenvalue weighted by Crippen LogP contribution is 2.40. The standard InChI is InChI=1S/C17H17ClF3N5O2S/c18-11-4-3-10(17(19,20)21)7-12(11)23-14(28)8-29-16-25-24-15(9-1-2-9)26(16)6-5-13(22)27/h3-4,7,9H,1-2,5-6,8H2,(H2,22,27)(H,23,28). The topological polar surface area (TPSA) is 103 Å². The normalized spacial score (nSPS) is 14.1. The molecule has 3 N–H and O–H groups in total. The molecule has 1 aliphatic carbocycles. The highest BCUT2D eigenvalue weighted by atomic mass is 35.5. The van der Waals surface area contributed by atoms with Crippen molar-refractivity contribution in [2.24, 2.45) is 5.73 Å². The van der Waals surface area contributed by atoms with Crippen LogP contribution in [0.3, 0.4) is 0 Å². The van der Waals surface area contributed by atoms with Gasteiger partial charge in [0.25, 0.3) is 0 Å². The third-order valence-corrected chi connectivity index (χ3v) is 5.47. The monoisotopic (exact) mass is 447 g/mol. The number of benzene rings is 1. The molecule has 0 radical (unpaired) electrons. The highest BCUT2D eigenvalue weighted by Gasteiger charge is 2.32. The molecule has 2 aromatic rings. The van der Waals surface area contributed by atoms with Crippen molar-refractivity contribution in [3.63, 3.8) is 0 Å². The zero-order chi connectivity index (χ0) is 21.2. The van der Waals surface area contributed by atoms with Crippen molar-refractivity contribution in [3.05, 3.63) is 34.6 Å². The summed E-state index contributed by atoms with van der Waals surface area (Å²) < 4.78 is 40.3. The van der Waals surface area contributed by atoms with E-state index in [1.807, 2.05) is 0 Å². The zero-order valence-corrected chi connectivity index (χ0v) is 16.6. The maximum atomic E-state index is 12.8. The van der Waals surface area contributed by atoms with Gasteiger partial charge in [0, 0.05) is 18.9 Å². The maximum absolute atomic E-state index is 12.8. The molecule has 1 aromatic heterocycles. The number of anilines is 1. The molecule has 12 heteroatoms. The Kier molecular flexibility index (Phi) is 6.37. The summed E-state index contributed by atoms with van der Waals surface area (Å²) in [6.45, 7) is 0.303. The lowest BCUT2D eigenvalue weighted by atomic mass is 10.2. The Morgan fingerprint density at radius 1 is 1.31 bits per heavy atom. The quantitative estimate of drug-likeness (QED) is 0.603. The third kappa shape index (κ3) is 5.63. The fourth-order valence-electron chi connectivity index (χ4n) is 2.60. The number of carbonyl (C=O) groups is 2. The second-order valence-electron chi connectivity index (χ2n) is 6.51. The molecular formula is C17H17ClF3N5O2S. The fraction of sp³-hybridized carbons (Fsp3) is 0.412.